The molecule has 2 heterocycles. The quantitative estimate of drug-likeness (QED) is 0.195. The smallest absolute Gasteiger partial charge is 0.309 e. The second-order valence-corrected chi connectivity index (χ2v) is 11.2. The van der Waals surface area contributed by atoms with E-state index in [1.165, 1.54) is 24.3 Å². The number of aromatic hydroxyl groups is 1. The van der Waals surface area contributed by atoms with Gasteiger partial charge < -0.3 is 30.2 Å². The summed E-state index contributed by atoms with van der Waals surface area (Å²) in [4.78, 5) is 22.0. The van der Waals surface area contributed by atoms with Gasteiger partial charge in [-0.05, 0) is 69.1 Å². The highest BCUT2D eigenvalue weighted by Gasteiger charge is 2.60. The Morgan fingerprint density at radius 2 is 1.88 bits per heavy atom. The van der Waals surface area contributed by atoms with Crippen molar-refractivity contribution in [2.24, 2.45) is 16.1 Å². The number of nitrogens with two attached hydrogens (primary N) is 1. The number of hydrogen-bond acceptors (Lipinski definition) is 9. The Morgan fingerprint density at radius 1 is 1.12 bits per heavy atom. The molecule has 0 radical (unpaired) electrons. The van der Waals surface area contributed by atoms with Crippen LogP contribution in [-0.2, 0) is 4.79 Å². The standard InChI is InChI=1S/C30H29F2N5O6/c1-37-11-10-35-26(37)18-13-17(43-30-8-6-29(15-30,7-9-30)28(39)40)3-5-21(18)41-24-19(31)14-36-27(23(24)32)42-22-12-16(25(33)34)2-4-20(22)38/h2-5,10,12-14,26,38H,6-9,11,15H2,1H3,(H3,33,34)(H,39,40). The number of aliphatic imine (C=N–C) groups is 1. The van der Waals surface area contributed by atoms with Crippen LogP contribution in [-0.4, -0.2) is 57.3 Å². The Bertz CT molecular complexity index is 1660. The molecule has 0 spiro atoms. The third-order valence-electron chi connectivity index (χ3n) is 8.45. The van der Waals surface area contributed by atoms with Crippen molar-refractivity contribution in [3.8, 4) is 34.6 Å². The van der Waals surface area contributed by atoms with Crippen LogP contribution in [0.1, 0.15) is 49.4 Å². The van der Waals surface area contributed by atoms with Gasteiger partial charge >= 0.3 is 5.97 Å². The molecule has 1 unspecified atom stereocenters. The van der Waals surface area contributed by atoms with Crippen LogP contribution < -0.4 is 19.9 Å². The van der Waals surface area contributed by atoms with Crippen molar-refractivity contribution in [1.29, 1.82) is 5.41 Å². The van der Waals surface area contributed by atoms with Gasteiger partial charge in [0, 0.05) is 30.3 Å². The Balaban J connectivity index is 1.32. The van der Waals surface area contributed by atoms with Crippen molar-refractivity contribution in [3.05, 3.63) is 65.4 Å². The number of fused-ring (bicyclic) bond motifs is 2. The summed E-state index contributed by atoms with van der Waals surface area (Å²) >= 11 is 0. The summed E-state index contributed by atoms with van der Waals surface area (Å²) in [6, 6.07) is 8.67. The van der Waals surface area contributed by atoms with Crippen LogP contribution in [0.2, 0.25) is 0 Å². The van der Waals surface area contributed by atoms with E-state index in [0.29, 0.717) is 50.0 Å². The molecule has 2 fully saturated rings. The number of benzene rings is 2. The van der Waals surface area contributed by atoms with E-state index in [0.717, 1.165) is 6.20 Å². The highest BCUT2D eigenvalue weighted by atomic mass is 19.1. The number of nitrogen functional groups attached to an aromatic ring is 1. The minimum Gasteiger partial charge on any atom is -0.504 e. The molecule has 43 heavy (non-hydrogen) atoms. The molecule has 11 nitrogen and oxygen atoms in total. The van der Waals surface area contributed by atoms with E-state index in [1.807, 2.05) is 11.9 Å². The summed E-state index contributed by atoms with van der Waals surface area (Å²) in [7, 11) is 1.84. The second kappa shape index (κ2) is 10.5. The Hall–Kier alpha value is -4.78. The number of aliphatic carboxylic acids is 1. The number of nitrogens with one attached hydrogen (secondary N) is 1. The van der Waals surface area contributed by atoms with E-state index in [2.05, 4.69) is 9.98 Å². The third kappa shape index (κ3) is 5.09. The number of pyridine rings is 1. The first-order chi connectivity index (χ1) is 20.5. The van der Waals surface area contributed by atoms with Crippen LogP contribution in [0.3, 0.4) is 0 Å². The predicted octanol–water partition coefficient (Wildman–Crippen LogP) is 5.12. The fourth-order valence-corrected chi connectivity index (χ4v) is 6.10. The molecule has 1 atom stereocenters. The predicted molar refractivity (Wildman–Crippen MR) is 150 cm³/mol. The first-order valence-corrected chi connectivity index (χ1v) is 13.6. The number of phenolic OH excluding ortho intramolecular Hbond substituents is 1. The fraction of sp³-hybridized carbons (Fsp3) is 0.333. The number of nitrogens with zero attached hydrogens (tertiary/aromatic N) is 3. The molecule has 2 aromatic carbocycles. The summed E-state index contributed by atoms with van der Waals surface area (Å²) in [5.41, 5.74) is 4.83. The van der Waals surface area contributed by atoms with Crippen molar-refractivity contribution in [2.45, 2.75) is 43.9 Å². The van der Waals surface area contributed by atoms with Crippen LogP contribution >= 0.6 is 0 Å². The Kier molecular flexibility index (Phi) is 6.92. The largest absolute Gasteiger partial charge is 0.504 e. The first-order valence-electron chi connectivity index (χ1n) is 13.6. The van der Waals surface area contributed by atoms with Crippen molar-refractivity contribution < 1.29 is 38.0 Å². The van der Waals surface area contributed by atoms with Gasteiger partial charge in [-0.25, -0.2) is 9.37 Å². The van der Waals surface area contributed by atoms with Gasteiger partial charge in [0.2, 0.25) is 11.6 Å². The second-order valence-electron chi connectivity index (χ2n) is 11.2. The normalized spacial score (nSPS) is 24.3. The van der Waals surface area contributed by atoms with Crippen molar-refractivity contribution in [2.75, 3.05) is 13.6 Å². The van der Waals surface area contributed by atoms with Crippen LogP contribution in [0.25, 0.3) is 0 Å². The summed E-state index contributed by atoms with van der Waals surface area (Å²) in [6.07, 6.45) is 4.68. The molecule has 1 aliphatic heterocycles. The van der Waals surface area contributed by atoms with Gasteiger partial charge in [-0.15, -0.1) is 0 Å². The maximum Gasteiger partial charge on any atom is 0.309 e. The van der Waals surface area contributed by atoms with Crippen molar-refractivity contribution in [1.82, 2.24) is 9.88 Å². The summed E-state index contributed by atoms with van der Waals surface area (Å²) in [5, 5.41) is 27.5. The highest BCUT2D eigenvalue weighted by Crippen LogP contribution is 2.58. The van der Waals surface area contributed by atoms with Crippen molar-refractivity contribution in [3.63, 3.8) is 0 Å². The van der Waals surface area contributed by atoms with Crippen LogP contribution in [0, 0.1) is 22.5 Å². The number of halogens is 2. The number of amidine groups is 1. The molecule has 2 saturated carbocycles. The minimum absolute atomic E-state index is 0.106. The summed E-state index contributed by atoms with van der Waals surface area (Å²) < 4.78 is 48.2. The number of ether oxygens (including phenoxy) is 3. The average Bonchev–Trinajstić information content (AvgIpc) is 3.68. The van der Waals surface area contributed by atoms with E-state index in [1.54, 1.807) is 18.3 Å². The lowest BCUT2D eigenvalue weighted by Crippen LogP contribution is -2.30. The lowest BCUT2D eigenvalue weighted by Gasteiger charge is -2.29. The molecule has 2 bridgehead atoms. The molecule has 13 heteroatoms. The van der Waals surface area contributed by atoms with Gasteiger partial charge in [0.1, 0.15) is 29.1 Å². The van der Waals surface area contributed by atoms with Gasteiger partial charge in [-0.1, -0.05) is 0 Å². The molecule has 6 rings (SSSR count). The van der Waals surface area contributed by atoms with Crippen molar-refractivity contribution >= 4 is 18.0 Å². The van der Waals surface area contributed by atoms with E-state index in [9.17, 15) is 19.4 Å². The number of carbonyl (C=O) groups is 1. The van der Waals surface area contributed by atoms with E-state index in [4.69, 9.17) is 25.4 Å². The first kappa shape index (κ1) is 28.3. The molecular formula is C30H29F2N5O6. The topological polar surface area (TPSA) is 164 Å². The lowest BCUT2D eigenvalue weighted by atomic mass is 9.84. The zero-order chi connectivity index (χ0) is 30.5. The molecule has 5 N–H and O–H groups in total. The zero-order valence-electron chi connectivity index (χ0n) is 23.1. The number of carboxylic acid groups (broad SMARTS) is 1. The van der Waals surface area contributed by atoms with Gasteiger partial charge in [-0.3, -0.25) is 20.1 Å². The molecule has 224 valence electrons. The summed E-state index contributed by atoms with van der Waals surface area (Å²) in [6.45, 7) is 0.541. The van der Waals surface area contributed by atoms with Gasteiger partial charge in [0.25, 0.3) is 5.88 Å². The van der Waals surface area contributed by atoms with Crippen LogP contribution in [0.5, 0.6) is 34.6 Å². The monoisotopic (exact) mass is 593 g/mol. The van der Waals surface area contributed by atoms with E-state index < -0.39 is 46.4 Å². The zero-order valence-corrected chi connectivity index (χ0v) is 23.1. The number of rotatable bonds is 9. The Labute approximate surface area is 245 Å². The maximum atomic E-state index is 15.6. The lowest BCUT2D eigenvalue weighted by molar-refractivity contribution is -0.148. The molecule has 2 aliphatic carbocycles. The molecule has 0 amide bonds. The van der Waals surface area contributed by atoms with Crippen LogP contribution in [0.4, 0.5) is 8.78 Å². The third-order valence-corrected chi connectivity index (χ3v) is 8.45. The fourth-order valence-electron chi connectivity index (χ4n) is 6.10. The molecular weight excluding hydrogens is 564 g/mol. The number of hydrogen-bond donors (Lipinski definition) is 4. The highest BCUT2D eigenvalue weighted by molar-refractivity contribution is 5.95. The molecule has 0 saturated heterocycles. The number of aromatic nitrogens is 1. The van der Waals surface area contributed by atoms with Gasteiger partial charge in [0.15, 0.2) is 17.3 Å². The molecule has 1 aromatic heterocycles. The van der Waals surface area contributed by atoms with Gasteiger partial charge in [-0.2, -0.15) is 4.39 Å². The molecule has 3 aliphatic rings. The van der Waals surface area contributed by atoms with E-state index in [-0.39, 0.29) is 28.6 Å². The summed E-state index contributed by atoms with van der Waals surface area (Å²) in [5.74, 6) is -4.96. The van der Waals surface area contributed by atoms with Crippen LogP contribution in [0.15, 0.2) is 47.6 Å². The SMILES string of the molecule is CN1CC=NC1c1cc(OC23CCC(C(=O)O)(CC2)C3)ccc1Oc1c(F)cnc(Oc2cc(C(=N)N)ccc2O)c1F. The number of phenols is 1. The minimum atomic E-state index is -1.26. The Morgan fingerprint density at radius 3 is 2.53 bits per heavy atom. The number of carboxylic acids is 1. The van der Waals surface area contributed by atoms with E-state index >= 15 is 4.39 Å². The maximum absolute atomic E-state index is 15.6. The average molecular weight is 594 g/mol. The molecule has 3 aromatic rings. The van der Waals surface area contributed by atoms with Gasteiger partial charge in [0.05, 0.1) is 11.6 Å².